The number of fused-ring (bicyclic) bond motifs is 1. The van der Waals surface area contributed by atoms with Crippen molar-refractivity contribution in [1.82, 2.24) is 14.5 Å². The molecule has 0 spiro atoms. The SMILES string of the molecule is Cc1ccccccccc1-n1ccc2c(OCC#CCOI)nc(N)nc21. The summed E-state index contributed by atoms with van der Waals surface area (Å²) in [6.45, 7) is 2.59. The third-order valence-electron chi connectivity index (χ3n) is 3.88. The summed E-state index contributed by atoms with van der Waals surface area (Å²) in [4.78, 5) is 8.65. The van der Waals surface area contributed by atoms with Crippen LogP contribution in [-0.4, -0.2) is 27.7 Å². The fraction of sp³-hybridized carbons (Fsp3) is 0.143. The number of ether oxygens (including phenoxy) is 1. The van der Waals surface area contributed by atoms with E-state index in [-0.39, 0.29) is 12.6 Å². The summed E-state index contributed by atoms with van der Waals surface area (Å²) < 4.78 is 12.6. The van der Waals surface area contributed by atoms with E-state index in [1.165, 1.54) is 0 Å². The highest BCUT2D eigenvalue weighted by molar-refractivity contribution is 14.1. The average molecular weight is 486 g/mol. The molecule has 3 rings (SSSR count). The first-order valence-corrected chi connectivity index (χ1v) is 9.44. The number of nitrogens with zero attached hydrogens (tertiary/aromatic N) is 3. The number of rotatable bonds is 4. The molecule has 0 fully saturated rings. The zero-order valence-corrected chi connectivity index (χ0v) is 17.5. The highest BCUT2D eigenvalue weighted by Crippen LogP contribution is 2.27. The second-order valence-electron chi connectivity index (χ2n) is 5.76. The van der Waals surface area contributed by atoms with Crippen LogP contribution in [0, 0.1) is 18.8 Å². The number of aromatic nitrogens is 3. The van der Waals surface area contributed by atoms with Crippen molar-refractivity contribution in [1.29, 1.82) is 0 Å². The van der Waals surface area contributed by atoms with Crippen molar-refractivity contribution in [3.63, 3.8) is 0 Å². The van der Waals surface area contributed by atoms with Gasteiger partial charge in [0.15, 0.2) is 12.3 Å². The predicted molar refractivity (Wildman–Crippen MR) is 119 cm³/mol. The van der Waals surface area contributed by atoms with Gasteiger partial charge < -0.3 is 18.1 Å². The van der Waals surface area contributed by atoms with Crippen molar-refractivity contribution >= 4 is 40.0 Å². The first-order chi connectivity index (χ1) is 13.7. The highest BCUT2D eigenvalue weighted by Gasteiger charge is 2.13. The molecule has 7 heteroatoms. The number of halogens is 1. The molecule has 3 aromatic rings. The van der Waals surface area contributed by atoms with Crippen LogP contribution in [0.5, 0.6) is 5.88 Å². The Morgan fingerprint density at radius 2 is 1.71 bits per heavy atom. The molecule has 2 N–H and O–H groups in total. The number of anilines is 1. The highest BCUT2D eigenvalue weighted by atomic mass is 127. The molecule has 0 saturated carbocycles. The van der Waals surface area contributed by atoms with Crippen molar-refractivity contribution in [2.24, 2.45) is 0 Å². The van der Waals surface area contributed by atoms with E-state index < -0.39 is 0 Å². The van der Waals surface area contributed by atoms with Gasteiger partial charge in [-0.25, -0.2) is 0 Å². The Morgan fingerprint density at radius 1 is 1.00 bits per heavy atom. The van der Waals surface area contributed by atoms with E-state index in [0.29, 0.717) is 18.1 Å². The molecule has 0 atom stereocenters. The van der Waals surface area contributed by atoms with Crippen molar-refractivity contribution < 1.29 is 7.80 Å². The molecule has 0 saturated heterocycles. The standard InChI is InChI=1S/C21H19IN4O2/c1-16-10-6-4-2-3-5-7-11-18(16)26-13-12-17-19(26)24-21(23)25-20(17)27-14-8-9-15-28-22/h2-7,10-13H,14-15H2,1H3,(H2,23,24,25). The van der Waals surface area contributed by atoms with Gasteiger partial charge in [-0.2, -0.15) is 9.97 Å². The van der Waals surface area contributed by atoms with Gasteiger partial charge in [-0.1, -0.05) is 54.3 Å². The molecule has 0 unspecified atom stereocenters. The predicted octanol–water partition coefficient (Wildman–Crippen LogP) is 4.18. The lowest BCUT2D eigenvalue weighted by atomic mass is 10.2. The molecule has 2 aromatic heterocycles. The lowest BCUT2D eigenvalue weighted by Crippen LogP contribution is -2.04. The zero-order chi connectivity index (χ0) is 19.8. The van der Waals surface area contributed by atoms with Crippen molar-refractivity contribution in [3.8, 4) is 23.4 Å². The van der Waals surface area contributed by atoms with Gasteiger partial charge >= 0.3 is 0 Å². The summed E-state index contributed by atoms with van der Waals surface area (Å²) in [5, 5.41) is 0.770. The number of nitrogen functional groups attached to an aromatic ring is 1. The molecule has 0 aliphatic heterocycles. The van der Waals surface area contributed by atoms with Crippen molar-refractivity contribution in [2.75, 3.05) is 18.9 Å². The number of aryl methyl sites for hydroxylation is 1. The van der Waals surface area contributed by atoms with Gasteiger partial charge in [-0.05, 0) is 24.6 Å². The summed E-state index contributed by atoms with van der Waals surface area (Å²) in [6, 6.07) is 17.9. The Balaban J connectivity index is 2.07. The molecule has 6 nitrogen and oxygen atoms in total. The maximum atomic E-state index is 5.93. The fourth-order valence-electron chi connectivity index (χ4n) is 2.63. The third-order valence-corrected chi connectivity index (χ3v) is 4.19. The summed E-state index contributed by atoms with van der Waals surface area (Å²) in [6.07, 6.45) is 1.93. The molecule has 1 aromatic carbocycles. The largest absolute Gasteiger partial charge is 0.464 e. The summed E-state index contributed by atoms with van der Waals surface area (Å²) in [5.41, 5.74) is 8.67. The second kappa shape index (κ2) is 9.92. The van der Waals surface area contributed by atoms with Crippen LogP contribution >= 0.6 is 23.0 Å². The van der Waals surface area contributed by atoms with Crippen LogP contribution in [0.1, 0.15) is 5.56 Å². The van der Waals surface area contributed by atoms with E-state index in [1.807, 2.05) is 72.3 Å². The topological polar surface area (TPSA) is 75.2 Å². The van der Waals surface area contributed by atoms with Gasteiger partial charge in [0.25, 0.3) is 0 Å². The Hall–Kier alpha value is -2.83. The molecular formula is C21H19IN4O2. The smallest absolute Gasteiger partial charge is 0.228 e. The van der Waals surface area contributed by atoms with Crippen LogP contribution in [0.2, 0.25) is 0 Å². The molecule has 142 valence electrons. The van der Waals surface area contributed by atoms with E-state index in [2.05, 4.69) is 21.8 Å². The van der Waals surface area contributed by atoms with E-state index in [9.17, 15) is 0 Å². The van der Waals surface area contributed by atoms with Gasteiger partial charge in [-0.3, -0.25) is 0 Å². The molecule has 2 heterocycles. The number of hydrogen-bond acceptors (Lipinski definition) is 5. The van der Waals surface area contributed by atoms with E-state index in [4.69, 9.17) is 13.5 Å². The third kappa shape index (κ3) is 4.91. The Bertz CT molecular complexity index is 1080. The fourth-order valence-corrected chi connectivity index (χ4v) is 2.79. The van der Waals surface area contributed by atoms with Crippen LogP contribution < -0.4 is 10.5 Å². The van der Waals surface area contributed by atoms with Crippen LogP contribution in [0.25, 0.3) is 16.7 Å². The number of hydrogen-bond donors (Lipinski definition) is 1. The van der Waals surface area contributed by atoms with E-state index in [0.717, 1.165) is 16.6 Å². The van der Waals surface area contributed by atoms with Gasteiger partial charge in [0, 0.05) is 11.9 Å². The quantitative estimate of drug-likeness (QED) is 0.443. The van der Waals surface area contributed by atoms with Crippen LogP contribution in [-0.2, 0) is 3.07 Å². The Labute approximate surface area is 177 Å². The van der Waals surface area contributed by atoms with Crippen LogP contribution in [0.4, 0.5) is 5.95 Å². The monoisotopic (exact) mass is 486 g/mol. The normalized spacial score (nSPS) is 10.1. The summed E-state index contributed by atoms with van der Waals surface area (Å²) >= 11 is 1.80. The van der Waals surface area contributed by atoms with E-state index in [1.54, 1.807) is 23.0 Å². The maximum Gasteiger partial charge on any atom is 0.228 e. The van der Waals surface area contributed by atoms with Crippen molar-refractivity contribution in [3.05, 3.63) is 66.4 Å². The first-order valence-electron chi connectivity index (χ1n) is 8.56. The number of nitrogens with two attached hydrogens (primary N) is 1. The van der Waals surface area contributed by atoms with E-state index >= 15 is 0 Å². The lowest BCUT2D eigenvalue weighted by Gasteiger charge is -2.08. The maximum absolute atomic E-state index is 5.93. The minimum atomic E-state index is 0.145. The molecule has 0 radical (unpaired) electrons. The van der Waals surface area contributed by atoms with Gasteiger partial charge in [0.1, 0.15) is 29.6 Å². The molecular weight excluding hydrogens is 467 g/mol. The summed E-state index contributed by atoms with van der Waals surface area (Å²) in [7, 11) is 0. The second-order valence-corrected chi connectivity index (χ2v) is 6.38. The minimum Gasteiger partial charge on any atom is -0.464 e. The van der Waals surface area contributed by atoms with Gasteiger partial charge in [0.05, 0.1) is 5.39 Å². The molecule has 0 amide bonds. The van der Waals surface area contributed by atoms with Crippen molar-refractivity contribution in [2.45, 2.75) is 6.92 Å². The van der Waals surface area contributed by atoms with Gasteiger partial charge in [0.2, 0.25) is 11.8 Å². The Morgan fingerprint density at radius 3 is 2.50 bits per heavy atom. The molecule has 0 aliphatic carbocycles. The average Bonchev–Trinajstić information content (AvgIpc) is 3.10. The van der Waals surface area contributed by atoms with Crippen LogP contribution in [0.3, 0.4) is 0 Å². The van der Waals surface area contributed by atoms with Gasteiger partial charge in [-0.15, -0.1) is 0 Å². The zero-order valence-electron chi connectivity index (χ0n) is 15.3. The molecule has 0 bridgehead atoms. The molecule has 28 heavy (non-hydrogen) atoms. The molecule has 0 aliphatic rings. The van der Waals surface area contributed by atoms with Crippen LogP contribution in [0.15, 0.2) is 60.8 Å². The Kier molecular flexibility index (Phi) is 7.06. The lowest BCUT2D eigenvalue weighted by molar-refractivity contribution is 0.360. The minimum absolute atomic E-state index is 0.145. The summed E-state index contributed by atoms with van der Waals surface area (Å²) in [5.74, 6) is 6.26. The first kappa shape index (κ1) is 19.9.